The van der Waals surface area contributed by atoms with Gasteiger partial charge in [-0.15, -0.1) is 0 Å². The summed E-state index contributed by atoms with van der Waals surface area (Å²) in [6.07, 6.45) is -2.16. The van der Waals surface area contributed by atoms with Gasteiger partial charge in [0.15, 0.2) is 0 Å². The van der Waals surface area contributed by atoms with E-state index in [0.717, 1.165) is 24.3 Å². The van der Waals surface area contributed by atoms with Crippen LogP contribution in [0.25, 0.3) is 16.9 Å². The molecular weight excluding hydrogens is 477 g/mol. The molecule has 36 heavy (non-hydrogen) atoms. The molecule has 3 aromatic rings. The Kier molecular flexibility index (Phi) is 6.76. The summed E-state index contributed by atoms with van der Waals surface area (Å²) in [5.74, 6) is 0.0662. The minimum absolute atomic E-state index is 0.00486. The first kappa shape index (κ1) is 24.4. The van der Waals surface area contributed by atoms with Gasteiger partial charge >= 0.3 is 0 Å². The average Bonchev–Trinajstić information content (AvgIpc) is 3.30. The number of carbonyl (C=O) groups is 1. The number of fused-ring (bicyclic) bond motifs is 2. The van der Waals surface area contributed by atoms with E-state index in [1.807, 2.05) is 22.7 Å². The lowest BCUT2D eigenvalue weighted by molar-refractivity contribution is -0.0403. The third-order valence-corrected chi connectivity index (χ3v) is 6.56. The third-order valence-electron chi connectivity index (χ3n) is 6.56. The normalized spacial score (nSPS) is 19.6. The molecule has 0 N–H and O–H groups in total. The molecule has 4 heterocycles. The maximum atomic E-state index is 14.0. The highest BCUT2D eigenvalue weighted by atomic mass is 19.3. The summed E-state index contributed by atoms with van der Waals surface area (Å²) in [4.78, 5) is 20.1. The molecule has 0 saturated carbocycles. The van der Waals surface area contributed by atoms with Crippen molar-refractivity contribution in [2.75, 3.05) is 47.0 Å². The van der Waals surface area contributed by atoms with Gasteiger partial charge in [-0.1, -0.05) is 0 Å². The van der Waals surface area contributed by atoms with E-state index < -0.39 is 18.6 Å². The number of benzene rings is 1. The van der Waals surface area contributed by atoms with Crippen molar-refractivity contribution in [1.29, 1.82) is 0 Å². The number of nitrogens with zero attached hydrogens (tertiary/aromatic N) is 4. The second-order valence-electron chi connectivity index (χ2n) is 8.97. The highest BCUT2D eigenvalue weighted by Gasteiger charge is 2.37. The smallest absolute Gasteiger partial charge is 0.287 e. The number of aromatic nitrogens is 2. The number of methoxy groups -OCH3 is 1. The van der Waals surface area contributed by atoms with E-state index in [2.05, 4.69) is 16.9 Å². The number of hydrogen-bond acceptors (Lipinski definition) is 6. The molecule has 0 radical (unpaired) electrons. The average molecular weight is 505 g/mol. The highest BCUT2D eigenvalue weighted by Crippen LogP contribution is 2.35. The molecule has 2 aliphatic heterocycles. The molecule has 1 aromatic carbocycles. The number of amides is 1. The molecule has 192 valence electrons. The molecule has 5 rings (SSSR count). The molecule has 1 amide bonds. The molecule has 0 bridgehead atoms. The Labute approximate surface area is 206 Å². The van der Waals surface area contributed by atoms with Crippen molar-refractivity contribution >= 4 is 11.6 Å². The number of halogens is 3. The lowest BCUT2D eigenvalue weighted by Gasteiger charge is -2.31. The fourth-order valence-corrected chi connectivity index (χ4v) is 4.70. The number of likely N-dealkylation sites (N-methyl/N-ethyl adjacent to an activating group) is 1. The molecule has 2 aliphatic rings. The van der Waals surface area contributed by atoms with Crippen LogP contribution in [0.3, 0.4) is 0 Å². The van der Waals surface area contributed by atoms with Crippen molar-refractivity contribution < 1.29 is 32.2 Å². The Bertz CT molecular complexity index is 1250. The molecule has 8 nitrogen and oxygen atoms in total. The van der Waals surface area contributed by atoms with Crippen LogP contribution in [0.5, 0.6) is 11.5 Å². The predicted octanol–water partition coefficient (Wildman–Crippen LogP) is 3.28. The Morgan fingerprint density at radius 1 is 1.22 bits per heavy atom. The van der Waals surface area contributed by atoms with E-state index >= 15 is 0 Å². The van der Waals surface area contributed by atoms with Crippen molar-refractivity contribution in [3.63, 3.8) is 0 Å². The lowest BCUT2D eigenvalue weighted by atomic mass is 9.94. The van der Waals surface area contributed by atoms with Gasteiger partial charge in [0, 0.05) is 37.5 Å². The summed E-state index contributed by atoms with van der Waals surface area (Å²) in [6, 6.07) is 7.11. The van der Waals surface area contributed by atoms with Gasteiger partial charge in [-0.25, -0.2) is 18.2 Å². The maximum absolute atomic E-state index is 14.0. The first-order valence-electron chi connectivity index (χ1n) is 11.7. The number of pyridine rings is 1. The predicted molar refractivity (Wildman–Crippen MR) is 126 cm³/mol. The molecule has 2 atom stereocenters. The SMILES string of the molecule is COc1cc(-c2cnc3cc(OC[C@@H]4CN(C)CCO4)ccn23)cc2c1C(=O)N(C(F)C(F)F)CC2. The van der Waals surface area contributed by atoms with Crippen LogP contribution in [0.15, 0.2) is 36.7 Å². The van der Waals surface area contributed by atoms with E-state index in [1.165, 1.54) is 7.11 Å². The van der Waals surface area contributed by atoms with E-state index in [-0.39, 0.29) is 30.4 Å². The highest BCUT2D eigenvalue weighted by molar-refractivity contribution is 6.00. The van der Waals surface area contributed by atoms with Crippen molar-refractivity contribution in [2.24, 2.45) is 0 Å². The molecular formula is C25H27F3N4O4. The van der Waals surface area contributed by atoms with Gasteiger partial charge in [0.2, 0.25) is 6.30 Å². The summed E-state index contributed by atoms with van der Waals surface area (Å²) in [6.45, 7) is 2.70. The Morgan fingerprint density at radius 2 is 2.06 bits per heavy atom. The molecule has 11 heteroatoms. The summed E-state index contributed by atoms with van der Waals surface area (Å²) in [5, 5.41) is 0. The molecule has 1 saturated heterocycles. The van der Waals surface area contributed by atoms with E-state index in [0.29, 0.717) is 35.1 Å². The first-order valence-corrected chi connectivity index (χ1v) is 11.7. The summed E-state index contributed by atoms with van der Waals surface area (Å²) in [7, 11) is 3.44. The Morgan fingerprint density at radius 3 is 2.81 bits per heavy atom. The fourth-order valence-electron chi connectivity index (χ4n) is 4.70. The van der Waals surface area contributed by atoms with Crippen LogP contribution < -0.4 is 9.47 Å². The topological polar surface area (TPSA) is 68.5 Å². The van der Waals surface area contributed by atoms with Crippen molar-refractivity contribution in [1.82, 2.24) is 19.2 Å². The minimum atomic E-state index is -3.27. The maximum Gasteiger partial charge on any atom is 0.287 e. The number of hydrogen-bond donors (Lipinski definition) is 0. The van der Waals surface area contributed by atoms with Crippen LogP contribution >= 0.6 is 0 Å². The number of imidazole rings is 1. The van der Waals surface area contributed by atoms with E-state index in [4.69, 9.17) is 14.2 Å². The van der Waals surface area contributed by atoms with Crippen molar-refractivity contribution in [3.8, 4) is 22.8 Å². The van der Waals surface area contributed by atoms with Gasteiger partial charge in [0.05, 0.1) is 31.2 Å². The third kappa shape index (κ3) is 4.60. The zero-order chi connectivity index (χ0) is 25.4. The van der Waals surface area contributed by atoms with Crippen molar-refractivity contribution in [2.45, 2.75) is 25.2 Å². The first-order chi connectivity index (χ1) is 17.4. The number of alkyl halides is 3. The van der Waals surface area contributed by atoms with Gasteiger partial charge in [0.1, 0.15) is 29.9 Å². The van der Waals surface area contributed by atoms with E-state index in [9.17, 15) is 18.0 Å². The summed E-state index contributed by atoms with van der Waals surface area (Å²) < 4.78 is 58.7. The Balaban J connectivity index is 1.40. The zero-order valence-corrected chi connectivity index (χ0v) is 20.0. The molecule has 1 fully saturated rings. The minimum Gasteiger partial charge on any atom is -0.496 e. The van der Waals surface area contributed by atoms with Crippen LogP contribution in [-0.2, 0) is 11.2 Å². The zero-order valence-electron chi connectivity index (χ0n) is 20.0. The number of morpholine rings is 1. The summed E-state index contributed by atoms with van der Waals surface area (Å²) >= 11 is 0. The number of ether oxygens (including phenoxy) is 3. The van der Waals surface area contributed by atoms with Gasteiger partial charge in [-0.2, -0.15) is 0 Å². The van der Waals surface area contributed by atoms with Crippen molar-refractivity contribution in [3.05, 3.63) is 47.8 Å². The number of carbonyl (C=O) groups excluding carboxylic acids is 1. The van der Waals surface area contributed by atoms with Gasteiger partial charge in [-0.3, -0.25) is 9.20 Å². The molecule has 1 unspecified atom stereocenters. The van der Waals surface area contributed by atoms with Gasteiger partial charge < -0.3 is 24.0 Å². The van der Waals surface area contributed by atoms with E-state index in [1.54, 1.807) is 18.3 Å². The Hall–Kier alpha value is -3.31. The molecule has 0 aliphatic carbocycles. The van der Waals surface area contributed by atoms with Crippen LogP contribution in [0.4, 0.5) is 13.2 Å². The lowest BCUT2D eigenvalue weighted by Crippen LogP contribution is -2.46. The summed E-state index contributed by atoms with van der Waals surface area (Å²) in [5.41, 5.74) is 2.87. The number of rotatable bonds is 7. The monoisotopic (exact) mass is 504 g/mol. The van der Waals surface area contributed by atoms with Crippen LogP contribution in [-0.4, -0.2) is 90.9 Å². The molecule has 2 aromatic heterocycles. The quantitative estimate of drug-likeness (QED) is 0.460. The van der Waals surface area contributed by atoms with Crippen LogP contribution in [0, 0.1) is 0 Å². The second kappa shape index (κ2) is 9.98. The second-order valence-corrected chi connectivity index (χ2v) is 8.97. The fraction of sp³-hybridized carbons (Fsp3) is 0.440. The van der Waals surface area contributed by atoms with Gasteiger partial charge in [0.25, 0.3) is 12.3 Å². The van der Waals surface area contributed by atoms with Crippen LogP contribution in [0.2, 0.25) is 0 Å². The van der Waals surface area contributed by atoms with Gasteiger partial charge in [-0.05, 0) is 37.2 Å². The standard InChI is InChI=1S/C25H27F3N4O4/c1-30-7-8-35-18(13-30)14-36-17-4-6-31-19(12-29-21(31)11-17)16-9-15-3-5-32(24(28)23(26)27)25(33)22(15)20(10-16)34-2/h4,6,9-12,18,23-24H,3,5,7-8,13-14H2,1-2H3/t18-,24?/m0/s1. The molecule has 0 spiro atoms. The largest absolute Gasteiger partial charge is 0.496 e. The van der Waals surface area contributed by atoms with Crippen LogP contribution in [0.1, 0.15) is 15.9 Å².